The van der Waals surface area contributed by atoms with Crippen LogP contribution in [0, 0.1) is 24.1 Å². The Hall–Kier alpha value is -2.86. The Morgan fingerprint density at radius 1 is 1.13 bits per heavy atom. The average molecular weight is 425 g/mol. The van der Waals surface area contributed by atoms with Crippen LogP contribution in [-0.2, 0) is 16.6 Å². The molecule has 0 unspecified atom stereocenters. The fraction of sp³-hybridized carbons (Fsp3) is 0.273. The van der Waals surface area contributed by atoms with Gasteiger partial charge in [0.15, 0.2) is 0 Å². The number of fused-ring (bicyclic) bond motifs is 1. The lowest BCUT2D eigenvalue weighted by Gasteiger charge is -2.34. The number of nitriles is 1. The standard InChI is InChI=1S/C22H21FN4O2S/c1-16-11-18-3-2-4-21(22(18)25-14-16)30(28,29)27-9-7-26(8-10-27)15-19-12-17(13-24)5-6-20(19)23/h2-6,11-12,14H,7-10,15H2,1H3. The van der Waals surface area contributed by atoms with Crippen LogP contribution >= 0.6 is 0 Å². The van der Waals surface area contributed by atoms with Crippen molar-refractivity contribution in [1.82, 2.24) is 14.2 Å². The fourth-order valence-corrected chi connectivity index (χ4v) is 5.31. The Kier molecular flexibility index (Phi) is 5.52. The minimum Gasteiger partial charge on any atom is -0.296 e. The highest BCUT2D eigenvalue weighted by atomic mass is 32.2. The third-order valence-electron chi connectivity index (χ3n) is 5.33. The van der Waals surface area contributed by atoms with Gasteiger partial charge in [0.1, 0.15) is 10.7 Å². The number of pyridine rings is 1. The summed E-state index contributed by atoms with van der Waals surface area (Å²) in [5.74, 6) is -0.360. The van der Waals surface area contributed by atoms with Crippen LogP contribution in [0.5, 0.6) is 0 Å². The Bertz CT molecular complexity index is 1250. The van der Waals surface area contributed by atoms with Gasteiger partial charge >= 0.3 is 0 Å². The quantitative estimate of drug-likeness (QED) is 0.643. The van der Waals surface area contributed by atoms with Gasteiger partial charge < -0.3 is 0 Å². The van der Waals surface area contributed by atoms with E-state index < -0.39 is 10.0 Å². The van der Waals surface area contributed by atoms with Crippen molar-refractivity contribution in [2.45, 2.75) is 18.4 Å². The molecule has 0 radical (unpaired) electrons. The molecule has 0 aliphatic carbocycles. The van der Waals surface area contributed by atoms with Crippen LogP contribution in [0.3, 0.4) is 0 Å². The number of aryl methyl sites for hydroxylation is 1. The van der Waals surface area contributed by atoms with Gasteiger partial charge in [-0.15, -0.1) is 0 Å². The zero-order valence-corrected chi connectivity index (χ0v) is 17.4. The predicted molar refractivity (Wildman–Crippen MR) is 112 cm³/mol. The van der Waals surface area contributed by atoms with Gasteiger partial charge in [-0.3, -0.25) is 9.88 Å². The summed E-state index contributed by atoms with van der Waals surface area (Å²) in [5, 5.41) is 9.81. The maximum atomic E-state index is 14.1. The van der Waals surface area contributed by atoms with Crippen LogP contribution < -0.4 is 0 Å². The number of hydrogen-bond donors (Lipinski definition) is 0. The first-order valence-electron chi connectivity index (χ1n) is 9.65. The number of piperazine rings is 1. The summed E-state index contributed by atoms with van der Waals surface area (Å²) in [6.07, 6.45) is 1.67. The van der Waals surface area contributed by atoms with E-state index in [1.807, 2.05) is 30.0 Å². The molecule has 1 aliphatic heterocycles. The summed E-state index contributed by atoms with van der Waals surface area (Å²) in [7, 11) is -3.69. The van der Waals surface area contributed by atoms with Crippen molar-refractivity contribution in [3.63, 3.8) is 0 Å². The van der Waals surface area contributed by atoms with Crippen LogP contribution in [-0.4, -0.2) is 48.8 Å². The Labute approximate surface area is 175 Å². The minimum absolute atomic E-state index is 0.209. The molecule has 1 aromatic heterocycles. The second kappa shape index (κ2) is 8.11. The van der Waals surface area contributed by atoms with E-state index in [1.165, 1.54) is 16.4 Å². The third-order valence-corrected chi connectivity index (χ3v) is 7.26. The first-order chi connectivity index (χ1) is 14.4. The first-order valence-corrected chi connectivity index (χ1v) is 11.1. The van der Waals surface area contributed by atoms with E-state index >= 15 is 0 Å². The SMILES string of the molecule is Cc1cnc2c(S(=O)(=O)N3CCN(Cc4cc(C#N)ccc4F)CC3)cccc2c1. The maximum absolute atomic E-state index is 14.1. The summed E-state index contributed by atoms with van der Waals surface area (Å²) < 4.78 is 42.1. The second-order valence-electron chi connectivity index (χ2n) is 7.44. The Morgan fingerprint density at radius 2 is 1.90 bits per heavy atom. The number of halogens is 1. The van der Waals surface area contributed by atoms with E-state index in [0.29, 0.717) is 49.4 Å². The molecule has 154 valence electrons. The molecule has 0 atom stereocenters. The van der Waals surface area contributed by atoms with Crippen molar-refractivity contribution in [2.24, 2.45) is 0 Å². The average Bonchev–Trinajstić information content (AvgIpc) is 2.75. The summed E-state index contributed by atoms with van der Waals surface area (Å²) in [4.78, 5) is 6.56. The Morgan fingerprint density at radius 3 is 2.63 bits per heavy atom. The van der Waals surface area contributed by atoms with E-state index in [1.54, 1.807) is 24.4 Å². The monoisotopic (exact) mass is 424 g/mol. The topological polar surface area (TPSA) is 77.3 Å². The van der Waals surface area contributed by atoms with Gasteiger partial charge in [-0.1, -0.05) is 12.1 Å². The van der Waals surface area contributed by atoms with Gasteiger partial charge in [-0.05, 0) is 42.8 Å². The molecule has 8 heteroatoms. The van der Waals surface area contributed by atoms with Crippen molar-refractivity contribution in [3.05, 3.63) is 71.2 Å². The summed E-state index contributed by atoms with van der Waals surface area (Å²) in [5.41, 5.74) is 2.30. The summed E-state index contributed by atoms with van der Waals surface area (Å²) in [6, 6.07) is 13.4. The number of para-hydroxylation sites is 1. The molecule has 1 saturated heterocycles. The smallest absolute Gasteiger partial charge is 0.245 e. The van der Waals surface area contributed by atoms with Gasteiger partial charge in [-0.2, -0.15) is 9.57 Å². The number of sulfonamides is 1. The lowest BCUT2D eigenvalue weighted by atomic mass is 10.1. The van der Waals surface area contributed by atoms with Crippen molar-refractivity contribution in [2.75, 3.05) is 26.2 Å². The number of benzene rings is 2. The van der Waals surface area contributed by atoms with Crippen LogP contribution in [0.4, 0.5) is 4.39 Å². The van der Waals surface area contributed by atoms with E-state index in [4.69, 9.17) is 5.26 Å². The number of aromatic nitrogens is 1. The molecule has 0 N–H and O–H groups in total. The molecule has 6 nitrogen and oxygen atoms in total. The van der Waals surface area contributed by atoms with Crippen molar-refractivity contribution < 1.29 is 12.8 Å². The molecule has 30 heavy (non-hydrogen) atoms. The molecule has 0 bridgehead atoms. The molecule has 0 saturated carbocycles. The molecule has 1 aliphatic rings. The van der Waals surface area contributed by atoms with Gasteiger partial charge in [0.2, 0.25) is 10.0 Å². The molecule has 2 aromatic carbocycles. The first kappa shape index (κ1) is 20.4. The van der Waals surface area contributed by atoms with Gasteiger partial charge in [0, 0.05) is 49.9 Å². The minimum atomic E-state index is -3.69. The van der Waals surface area contributed by atoms with Gasteiger partial charge in [0.05, 0.1) is 17.1 Å². The van der Waals surface area contributed by atoms with Crippen LogP contribution in [0.15, 0.2) is 53.6 Å². The van der Waals surface area contributed by atoms with Crippen LogP contribution in [0.2, 0.25) is 0 Å². The van der Waals surface area contributed by atoms with Gasteiger partial charge in [0.25, 0.3) is 0 Å². The molecule has 4 rings (SSSR count). The Balaban J connectivity index is 1.51. The van der Waals surface area contributed by atoms with Crippen molar-refractivity contribution >= 4 is 20.9 Å². The van der Waals surface area contributed by atoms with Crippen LogP contribution in [0.1, 0.15) is 16.7 Å². The lowest BCUT2D eigenvalue weighted by molar-refractivity contribution is 0.180. The van der Waals surface area contributed by atoms with E-state index in [0.717, 1.165) is 10.9 Å². The number of rotatable bonds is 4. The van der Waals surface area contributed by atoms with Crippen LogP contribution in [0.25, 0.3) is 10.9 Å². The fourth-order valence-electron chi connectivity index (χ4n) is 3.72. The second-order valence-corrected chi connectivity index (χ2v) is 9.35. The molecule has 0 spiro atoms. The molecule has 3 aromatic rings. The zero-order chi connectivity index (χ0) is 21.3. The molecular formula is C22H21FN4O2S. The number of hydrogen-bond acceptors (Lipinski definition) is 5. The molecule has 1 fully saturated rings. The zero-order valence-electron chi connectivity index (χ0n) is 16.5. The third kappa shape index (κ3) is 3.92. The summed E-state index contributed by atoms with van der Waals surface area (Å²) in [6.45, 7) is 3.83. The molecule has 2 heterocycles. The lowest BCUT2D eigenvalue weighted by Crippen LogP contribution is -2.48. The largest absolute Gasteiger partial charge is 0.296 e. The molecular weight excluding hydrogens is 403 g/mol. The van der Waals surface area contributed by atoms with Crippen molar-refractivity contribution in [3.8, 4) is 6.07 Å². The predicted octanol–water partition coefficient (Wildman–Crippen LogP) is 3.06. The van der Waals surface area contributed by atoms with E-state index in [9.17, 15) is 12.8 Å². The maximum Gasteiger partial charge on any atom is 0.245 e. The van der Waals surface area contributed by atoms with Gasteiger partial charge in [-0.25, -0.2) is 12.8 Å². The van der Waals surface area contributed by atoms with E-state index in [2.05, 4.69) is 4.98 Å². The highest BCUT2D eigenvalue weighted by molar-refractivity contribution is 7.89. The highest BCUT2D eigenvalue weighted by Gasteiger charge is 2.30. The highest BCUT2D eigenvalue weighted by Crippen LogP contribution is 2.26. The van der Waals surface area contributed by atoms with Crippen molar-refractivity contribution in [1.29, 1.82) is 5.26 Å². The number of nitrogens with zero attached hydrogens (tertiary/aromatic N) is 4. The van der Waals surface area contributed by atoms with E-state index in [-0.39, 0.29) is 10.7 Å². The molecule has 0 amide bonds. The summed E-state index contributed by atoms with van der Waals surface area (Å²) >= 11 is 0. The normalized spacial score (nSPS) is 15.9.